The summed E-state index contributed by atoms with van der Waals surface area (Å²) < 4.78 is 0. The van der Waals surface area contributed by atoms with Crippen LogP contribution in [0, 0.1) is 5.92 Å². The molecule has 0 radical (unpaired) electrons. The van der Waals surface area contributed by atoms with Crippen LogP contribution in [0.2, 0.25) is 0 Å². The largest absolute Gasteiger partial charge is 0.369 e. The maximum Gasteiger partial charge on any atom is 0.244 e. The van der Waals surface area contributed by atoms with Gasteiger partial charge in [-0.15, -0.1) is 0 Å². The highest BCUT2D eigenvalue weighted by Crippen LogP contribution is 2.18. The van der Waals surface area contributed by atoms with Crippen molar-refractivity contribution in [2.75, 3.05) is 13.1 Å². The third-order valence-electron chi connectivity index (χ3n) is 4.32. The molecule has 0 unspecified atom stereocenters. The van der Waals surface area contributed by atoms with Crippen LogP contribution >= 0.6 is 0 Å². The number of carbonyl (C=O) groups is 2. The van der Waals surface area contributed by atoms with E-state index in [1.165, 1.54) is 11.6 Å². The Hall–Kier alpha value is -2.40. The SMILES string of the molecule is C/C=C/C=C\C(=O)NCc1cccc(CN2CCC[C@@H](C(N)=O)C2)c1. The van der Waals surface area contributed by atoms with E-state index in [4.69, 9.17) is 5.73 Å². The molecule has 1 heterocycles. The number of nitrogens with one attached hydrogen (secondary N) is 1. The number of hydrogen-bond acceptors (Lipinski definition) is 3. The van der Waals surface area contributed by atoms with Gasteiger partial charge in [-0.2, -0.15) is 0 Å². The molecule has 0 bridgehead atoms. The lowest BCUT2D eigenvalue weighted by molar-refractivity contribution is -0.123. The molecule has 134 valence electrons. The average Bonchev–Trinajstić information content (AvgIpc) is 2.61. The number of likely N-dealkylation sites (tertiary alicyclic amines) is 1. The number of nitrogens with two attached hydrogens (primary N) is 1. The first kappa shape index (κ1) is 18.9. The molecule has 1 fully saturated rings. The predicted molar refractivity (Wildman–Crippen MR) is 99.4 cm³/mol. The zero-order valence-electron chi connectivity index (χ0n) is 14.8. The zero-order chi connectivity index (χ0) is 18.1. The maximum atomic E-state index is 11.7. The Morgan fingerprint density at radius 3 is 2.88 bits per heavy atom. The van der Waals surface area contributed by atoms with Crippen molar-refractivity contribution in [1.82, 2.24) is 10.2 Å². The number of piperidine rings is 1. The Kier molecular flexibility index (Phi) is 7.41. The molecular weight excluding hydrogens is 314 g/mol. The van der Waals surface area contributed by atoms with Crippen molar-refractivity contribution in [2.24, 2.45) is 11.7 Å². The molecule has 25 heavy (non-hydrogen) atoms. The lowest BCUT2D eigenvalue weighted by Crippen LogP contribution is -2.40. The smallest absolute Gasteiger partial charge is 0.244 e. The molecule has 0 aromatic heterocycles. The third kappa shape index (κ3) is 6.55. The fourth-order valence-electron chi connectivity index (χ4n) is 3.03. The van der Waals surface area contributed by atoms with Gasteiger partial charge in [0, 0.05) is 25.7 Å². The van der Waals surface area contributed by atoms with Crippen molar-refractivity contribution in [3.05, 3.63) is 59.7 Å². The van der Waals surface area contributed by atoms with Gasteiger partial charge in [0.2, 0.25) is 11.8 Å². The number of nitrogens with zero attached hydrogens (tertiary/aromatic N) is 1. The third-order valence-corrected chi connectivity index (χ3v) is 4.32. The summed E-state index contributed by atoms with van der Waals surface area (Å²) in [5, 5.41) is 2.88. The highest BCUT2D eigenvalue weighted by Gasteiger charge is 2.23. The van der Waals surface area contributed by atoms with Crippen LogP contribution < -0.4 is 11.1 Å². The van der Waals surface area contributed by atoms with Crippen molar-refractivity contribution >= 4 is 11.8 Å². The Balaban J connectivity index is 1.88. The van der Waals surface area contributed by atoms with Crippen molar-refractivity contribution < 1.29 is 9.59 Å². The summed E-state index contributed by atoms with van der Waals surface area (Å²) in [6.07, 6.45) is 8.81. The normalized spacial score (nSPS) is 18.7. The van der Waals surface area contributed by atoms with E-state index in [9.17, 15) is 9.59 Å². The molecule has 5 heteroatoms. The van der Waals surface area contributed by atoms with Crippen molar-refractivity contribution in [2.45, 2.75) is 32.9 Å². The molecule has 2 rings (SSSR count). The van der Waals surface area contributed by atoms with Gasteiger partial charge in [0.05, 0.1) is 5.92 Å². The van der Waals surface area contributed by atoms with Gasteiger partial charge in [-0.3, -0.25) is 14.5 Å². The molecule has 0 aliphatic carbocycles. The fraction of sp³-hybridized carbons (Fsp3) is 0.400. The van der Waals surface area contributed by atoms with Gasteiger partial charge in [0.25, 0.3) is 0 Å². The first-order valence-electron chi connectivity index (χ1n) is 8.75. The van der Waals surface area contributed by atoms with Crippen molar-refractivity contribution in [3.8, 4) is 0 Å². The fourth-order valence-corrected chi connectivity index (χ4v) is 3.03. The summed E-state index contributed by atoms with van der Waals surface area (Å²) in [5.74, 6) is -0.351. The molecule has 0 spiro atoms. The Bertz CT molecular complexity index is 652. The lowest BCUT2D eigenvalue weighted by atomic mass is 9.97. The van der Waals surface area contributed by atoms with E-state index in [2.05, 4.69) is 22.3 Å². The number of allylic oxidation sites excluding steroid dienone is 3. The molecule has 1 saturated heterocycles. The average molecular weight is 341 g/mol. The lowest BCUT2D eigenvalue weighted by Gasteiger charge is -2.31. The van der Waals surface area contributed by atoms with Gasteiger partial charge in [0.15, 0.2) is 0 Å². The first-order valence-corrected chi connectivity index (χ1v) is 8.75. The van der Waals surface area contributed by atoms with Gasteiger partial charge >= 0.3 is 0 Å². The van der Waals surface area contributed by atoms with Crippen LogP contribution in [0.4, 0.5) is 0 Å². The highest BCUT2D eigenvalue weighted by atomic mass is 16.1. The monoisotopic (exact) mass is 341 g/mol. The standard InChI is InChI=1S/C20H27N3O2/c1-2-3-4-10-19(24)22-13-16-7-5-8-17(12-16)14-23-11-6-9-18(15-23)20(21)25/h2-5,7-8,10,12,18H,6,9,11,13-15H2,1H3,(H2,21,25)(H,22,24)/b3-2+,10-4-/t18-/m1/s1. The molecule has 5 nitrogen and oxygen atoms in total. The summed E-state index contributed by atoms with van der Waals surface area (Å²) in [5.41, 5.74) is 7.69. The van der Waals surface area contributed by atoms with Crippen molar-refractivity contribution in [1.29, 1.82) is 0 Å². The Morgan fingerprint density at radius 1 is 1.32 bits per heavy atom. The van der Waals surface area contributed by atoms with E-state index >= 15 is 0 Å². The number of hydrogen-bond donors (Lipinski definition) is 2. The second kappa shape index (κ2) is 9.79. The summed E-state index contributed by atoms with van der Waals surface area (Å²) in [4.78, 5) is 25.4. The van der Waals surface area contributed by atoms with Crippen LogP contribution in [0.1, 0.15) is 30.9 Å². The minimum Gasteiger partial charge on any atom is -0.369 e. The van der Waals surface area contributed by atoms with Crippen LogP contribution in [0.3, 0.4) is 0 Å². The summed E-state index contributed by atoms with van der Waals surface area (Å²) in [7, 11) is 0. The number of rotatable bonds is 7. The topological polar surface area (TPSA) is 75.4 Å². The first-order chi connectivity index (χ1) is 12.1. The van der Waals surface area contributed by atoms with Crippen LogP contribution in [-0.4, -0.2) is 29.8 Å². The van der Waals surface area contributed by atoms with Crippen LogP contribution in [0.15, 0.2) is 48.6 Å². The molecule has 1 aromatic rings. The number of benzene rings is 1. The minimum atomic E-state index is -0.202. The maximum absolute atomic E-state index is 11.7. The van der Waals surface area contributed by atoms with E-state index in [-0.39, 0.29) is 17.7 Å². The quantitative estimate of drug-likeness (QED) is 0.589. The highest BCUT2D eigenvalue weighted by molar-refractivity contribution is 5.87. The van der Waals surface area contributed by atoms with E-state index in [0.717, 1.165) is 38.0 Å². The Labute approximate surface area is 149 Å². The summed E-state index contributed by atoms with van der Waals surface area (Å²) in [6.45, 7) is 4.91. The van der Waals surface area contributed by atoms with E-state index in [1.807, 2.05) is 31.2 Å². The Morgan fingerprint density at radius 2 is 2.12 bits per heavy atom. The number of amides is 2. The molecule has 3 N–H and O–H groups in total. The van der Waals surface area contributed by atoms with Gasteiger partial charge in [-0.05, 0) is 37.4 Å². The van der Waals surface area contributed by atoms with Crippen LogP contribution in [0.25, 0.3) is 0 Å². The molecule has 1 aliphatic rings. The second-order valence-corrected chi connectivity index (χ2v) is 6.40. The van der Waals surface area contributed by atoms with Gasteiger partial charge in [0.1, 0.15) is 0 Å². The number of carbonyl (C=O) groups excluding carboxylic acids is 2. The molecule has 1 aromatic carbocycles. The van der Waals surface area contributed by atoms with Gasteiger partial charge in [-0.25, -0.2) is 0 Å². The minimum absolute atomic E-state index is 0.0415. The molecule has 0 saturated carbocycles. The zero-order valence-corrected chi connectivity index (χ0v) is 14.8. The summed E-state index contributed by atoms with van der Waals surface area (Å²) >= 11 is 0. The summed E-state index contributed by atoms with van der Waals surface area (Å²) in [6, 6.07) is 8.18. The van der Waals surface area contributed by atoms with Crippen LogP contribution in [0.5, 0.6) is 0 Å². The van der Waals surface area contributed by atoms with Crippen molar-refractivity contribution in [3.63, 3.8) is 0 Å². The molecule has 2 amide bonds. The molecule has 1 aliphatic heterocycles. The number of primary amides is 1. The molecule has 1 atom stereocenters. The van der Waals surface area contributed by atoms with Gasteiger partial charge < -0.3 is 11.1 Å². The van der Waals surface area contributed by atoms with Crippen LogP contribution in [-0.2, 0) is 22.7 Å². The van der Waals surface area contributed by atoms with E-state index in [0.29, 0.717) is 6.54 Å². The second-order valence-electron chi connectivity index (χ2n) is 6.40. The van der Waals surface area contributed by atoms with E-state index in [1.54, 1.807) is 6.08 Å². The van der Waals surface area contributed by atoms with Gasteiger partial charge in [-0.1, -0.05) is 42.5 Å². The van der Waals surface area contributed by atoms with E-state index < -0.39 is 0 Å². The predicted octanol–water partition coefficient (Wildman–Crippen LogP) is 2.13. The molecular formula is C20H27N3O2.